The van der Waals surface area contributed by atoms with Gasteiger partial charge >= 0.3 is 0 Å². The Bertz CT molecular complexity index is 635. The molecule has 0 aliphatic carbocycles. The molecule has 1 atom stereocenters. The maximum absolute atomic E-state index is 12.3. The van der Waals surface area contributed by atoms with E-state index >= 15 is 0 Å². The Morgan fingerprint density at radius 3 is 2.41 bits per heavy atom. The van der Waals surface area contributed by atoms with Gasteiger partial charge in [-0.3, -0.25) is 4.79 Å². The lowest BCUT2D eigenvalue weighted by atomic mass is 9.98. The minimum Gasteiger partial charge on any atom is -0.388 e. The van der Waals surface area contributed by atoms with E-state index in [0.29, 0.717) is 5.92 Å². The molecule has 2 rings (SSSR count). The van der Waals surface area contributed by atoms with Crippen molar-refractivity contribution in [1.29, 1.82) is 0 Å². The number of benzene rings is 2. The molecule has 0 radical (unpaired) electrons. The third kappa shape index (κ3) is 3.95. The molecule has 1 amide bonds. The smallest absolute Gasteiger partial charge is 0.227 e. The molecular weight excluding hydrogens is 274 g/mol. The van der Waals surface area contributed by atoms with Crippen LogP contribution in [0.4, 0.5) is 5.69 Å². The van der Waals surface area contributed by atoms with Crippen LogP contribution in [0.2, 0.25) is 0 Å². The van der Waals surface area contributed by atoms with E-state index in [2.05, 4.69) is 19.2 Å². The molecule has 116 valence electrons. The van der Waals surface area contributed by atoms with Crippen LogP contribution in [-0.4, -0.2) is 11.0 Å². The largest absolute Gasteiger partial charge is 0.388 e. The average molecular weight is 297 g/mol. The lowest BCUT2D eigenvalue weighted by Gasteiger charge is -2.17. The number of anilines is 1. The second kappa shape index (κ2) is 7.23. The predicted octanol–water partition coefficient (Wildman–Crippen LogP) is 4.18. The van der Waals surface area contributed by atoms with E-state index in [1.807, 2.05) is 55.5 Å². The zero-order valence-corrected chi connectivity index (χ0v) is 13.3. The van der Waals surface area contributed by atoms with Crippen LogP contribution < -0.4 is 5.32 Å². The average Bonchev–Trinajstić information content (AvgIpc) is 2.49. The van der Waals surface area contributed by atoms with Gasteiger partial charge in [-0.1, -0.05) is 62.4 Å². The maximum atomic E-state index is 12.3. The van der Waals surface area contributed by atoms with E-state index in [9.17, 15) is 9.90 Å². The molecule has 0 aliphatic rings. The van der Waals surface area contributed by atoms with Gasteiger partial charge in [0.15, 0.2) is 0 Å². The van der Waals surface area contributed by atoms with Gasteiger partial charge in [-0.2, -0.15) is 0 Å². The van der Waals surface area contributed by atoms with Crippen molar-refractivity contribution in [1.82, 2.24) is 0 Å². The number of nitrogens with one attached hydrogen (secondary N) is 1. The van der Waals surface area contributed by atoms with E-state index in [0.717, 1.165) is 22.4 Å². The molecule has 22 heavy (non-hydrogen) atoms. The highest BCUT2D eigenvalue weighted by Gasteiger charge is 2.16. The molecule has 0 saturated carbocycles. The molecule has 0 spiro atoms. The highest BCUT2D eigenvalue weighted by molar-refractivity contribution is 5.92. The first-order valence-corrected chi connectivity index (χ1v) is 7.61. The molecule has 0 heterocycles. The minimum absolute atomic E-state index is 0.0515. The molecule has 0 aliphatic heterocycles. The SMILES string of the molecule is Cc1cccc(C(C)C)c1NC(=O)CC(O)c1ccccc1. The summed E-state index contributed by atoms with van der Waals surface area (Å²) in [6, 6.07) is 15.3. The van der Waals surface area contributed by atoms with Crippen LogP contribution in [0.1, 0.15) is 49.0 Å². The van der Waals surface area contributed by atoms with E-state index < -0.39 is 6.10 Å². The van der Waals surface area contributed by atoms with Crippen molar-refractivity contribution in [3.05, 3.63) is 65.2 Å². The van der Waals surface area contributed by atoms with Gasteiger partial charge < -0.3 is 10.4 Å². The molecule has 0 saturated heterocycles. The summed E-state index contributed by atoms with van der Waals surface area (Å²) in [4.78, 5) is 12.3. The number of hydrogen-bond acceptors (Lipinski definition) is 2. The van der Waals surface area contributed by atoms with Crippen LogP contribution in [0.15, 0.2) is 48.5 Å². The summed E-state index contributed by atoms with van der Waals surface area (Å²) < 4.78 is 0. The molecule has 0 bridgehead atoms. The number of amides is 1. The van der Waals surface area contributed by atoms with Crippen LogP contribution in [0.25, 0.3) is 0 Å². The van der Waals surface area contributed by atoms with Crippen molar-refractivity contribution in [3.63, 3.8) is 0 Å². The van der Waals surface area contributed by atoms with Crippen molar-refractivity contribution >= 4 is 11.6 Å². The summed E-state index contributed by atoms with van der Waals surface area (Å²) in [7, 11) is 0. The summed E-state index contributed by atoms with van der Waals surface area (Å²) >= 11 is 0. The van der Waals surface area contributed by atoms with Gasteiger partial charge in [-0.25, -0.2) is 0 Å². The molecule has 2 aromatic carbocycles. The van der Waals surface area contributed by atoms with Gasteiger partial charge in [0.25, 0.3) is 0 Å². The molecule has 0 aromatic heterocycles. The van der Waals surface area contributed by atoms with Gasteiger partial charge in [-0.15, -0.1) is 0 Å². The summed E-state index contributed by atoms with van der Waals surface area (Å²) in [5, 5.41) is 13.1. The van der Waals surface area contributed by atoms with Crippen LogP contribution in [0.3, 0.4) is 0 Å². The Hall–Kier alpha value is -2.13. The van der Waals surface area contributed by atoms with Crippen molar-refractivity contribution in [3.8, 4) is 0 Å². The first-order chi connectivity index (χ1) is 10.5. The number of aryl methyl sites for hydroxylation is 1. The second-order valence-corrected chi connectivity index (χ2v) is 5.87. The summed E-state index contributed by atoms with van der Waals surface area (Å²) in [5.41, 5.74) is 3.77. The minimum atomic E-state index is -0.785. The zero-order valence-electron chi connectivity index (χ0n) is 13.3. The highest BCUT2D eigenvalue weighted by Crippen LogP contribution is 2.28. The number of hydrogen-bond donors (Lipinski definition) is 2. The van der Waals surface area contributed by atoms with E-state index in [1.165, 1.54) is 0 Å². The quantitative estimate of drug-likeness (QED) is 0.869. The molecular formula is C19H23NO2. The molecule has 3 nitrogen and oxygen atoms in total. The summed E-state index contributed by atoms with van der Waals surface area (Å²) in [5.74, 6) is 0.154. The number of aliphatic hydroxyl groups is 1. The van der Waals surface area contributed by atoms with Gasteiger partial charge in [-0.05, 0) is 29.5 Å². The number of aliphatic hydroxyl groups excluding tert-OH is 1. The molecule has 3 heteroatoms. The van der Waals surface area contributed by atoms with Crippen LogP contribution in [0.5, 0.6) is 0 Å². The lowest BCUT2D eigenvalue weighted by Crippen LogP contribution is -2.17. The Kier molecular flexibility index (Phi) is 5.34. The zero-order chi connectivity index (χ0) is 16.1. The monoisotopic (exact) mass is 297 g/mol. The summed E-state index contributed by atoms with van der Waals surface area (Å²) in [6.45, 7) is 6.18. The predicted molar refractivity (Wildman–Crippen MR) is 89.9 cm³/mol. The van der Waals surface area contributed by atoms with E-state index in [4.69, 9.17) is 0 Å². The molecule has 1 unspecified atom stereocenters. The molecule has 2 N–H and O–H groups in total. The fourth-order valence-electron chi connectivity index (χ4n) is 2.50. The third-order valence-electron chi connectivity index (χ3n) is 3.75. The highest BCUT2D eigenvalue weighted by atomic mass is 16.3. The van der Waals surface area contributed by atoms with Crippen LogP contribution in [-0.2, 0) is 4.79 Å². The Labute approximate surface area is 132 Å². The number of para-hydroxylation sites is 1. The molecule has 2 aromatic rings. The number of carbonyl (C=O) groups is 1. The fourth-order valence-corrected chi connectivity index (χ4v) is 2.50. The van der Waals surface area contributed by atoms with Gasteiger partial charge in [0, 0.05) is 5.69 Å². The van der Waals surface area contributed by atoms with Gasteiger partial charge in [0.1, 0.15) is 0 Å². The topological polar surface area (TPSA) is 49.3 Å². The van der Waals surface area contributed by atoms with Crippen molar-refractivity contribution < 1.29 is 9.90 Å². The Morgan fingerprint density at radius 1 is 1.09 bits per heavy atom. The molecule has 0 fully saturated rings. The first-order valence-electron chi connectivity index (χ1n) is 7.61. The standard InChI is InChI=1S/C19H23NO2/c1-13(2)16-11-7-8-14(3)19(16)20-18(22)12-17(21)15-9-5-4-6-10-15/h4-11,13,17,21H,12H2,1-3H3,(H,20,22). The van der Waals surface area contributed by atoms with Crippen molar-refractivity contribution in [2.75, 3.05) is 5.32 Å². The fraction of sp³-hybridized carbons (Fsp3) is 0.316. The van der Waals surface area contributed by atoms with E-state index in [1.54, 1.807) is 0 Å². The van der Waals surface area contributed by atoms with E-state index in [-0.39, 0.29) is 12.3 Å². The third-order valence-corrected chi connectivity index (χ3v) is 3.75. The van der Waals surface area contributed by atoms with Crippen LogP contribution >= 0.6 is 0 Å². The maximum Gasteiger partial charge on any atom is 0.227 e. The van der Waals surface area contributed by atoms with Gasteiger partial charge in [0.2, 0.25) is 5.91 Å². The number of rotatable bonds is 5. The van der Waals surface area contributed by atoms with Crippen molar-refractivity contribution in [2.45, 2.75) is 39.2 Å². The first kappa shape index (κ1) is 16.2. The Morgan fingerprint density at radius 2 is 1.77 bits per heavy atom. The van der Waals surface area contributed by atoms with Crippen LogP contribution in [0, 0.1) is 6.92 Å². The van der Waals surface area contributed by atoms with Gasteiger partial charge in [0.05, 0.1) is 12.5 Å². The summed E-state index contributed by atoms with van der Waals surface area (Å²) in [6.07, 6.45) is -0.733. The number of carbonyl (C=O) groups excluding carboxylic acids is 1. The van der Waals surface area contributed by atoms with Crippen molar-refractivity contribution in [2.24, 2.45) is 0 Å². The lowest BCUT2D eigenvalue weighted by molar-refractivity contribution is -0.118. The normalized spacial score (nSPS) is 12.2. The Balaban J connectivity index is 2.10. The second-order valence-electron chi connectivity index (χ2n) is 5.87.